The van der Waals surface area contributed by atoms with Crippen LogP contribution in [0.3, 0.4) is 0 Å². The SMILES string of the molecule is NCc1nnc(-c2c(F)cccc2Br)n1C1CC1. The zero-order chi connectivity index (χ0) is 12.7. The van der Waals surface area contributed by atoms with Gasteiger partial charge < -0.3 is 10.3 Å². The van der Waals surface area contributed by atoms with E-state index >= 15 is 0 Å². The lowest BCUT2D eigenvalue weighted by atomic mass is 10.2. The van der Waals surface area contributed by atoms with Crippen LogP contribution < -0.4 is 5.73 Å². The Labute approximate surface area is 112 Å². The molecule has 2 N–H and O–H groups in total. The number of rotatable bonds is 3. The minimum Gasteiger partial charge on any atom is -0.324 e. The molecule has 18 heavy (non-hydrogen) atoms. The summed E-state index contributed by atoms with van der Waals surface area (Å²) >= 11 is 3.37. The number of hydrogen-bond acceptors (Lipinski definition) is 3. The molecule has 1 heterocycles. The summed E-state index contributed by atoms with van der Waals surface area (Å²) in [5.41, 5.74) is 6.11. The lowest BCUT2D eigenvalue weighted by molar-refractivity contribution is 0.623. The van der Waals surface area contributed by atoms with Crippen molar-refractivity contribution in [3.05, 3.63) is 34.3 Å². The smallest absolute Gasteiger partial charge is 0.168 e. The zero-order valence-electron chi connectivity index (χ0n) is 9.61. The molecule has 1 aliphatic carbocycles. The van der Waals surface area contributed by atoms with Crippen LogP contribution in [0.5, 0.6) is 0 Å². The lowest BCUT2D eigenvalue weighted by Gasteiger charge is -2.09. The predicted molar refractivity (Wildman–Crippen MR) is 69.3 cm³/mol. The summed E-state index contributed by atoms with van der Waals surface area (Å²) in [5.74, 6) is 0.966. The van der Waals surface area contributed by atoms with E-state index in [9.17, 15) is 4.39 Å². The second-order valence-corrected chi connectivity index (χ2v) is 5.20. The molecule has 0 amide bonds. The number of aromatic nitrogens is 3. The Morgan fingerprint density at radius 3 is 2.78 bits per heavy atom. The van der Waals surface area contributed by atoms with Crippen molar-refractivity contribution in [3.63, 3.8) is 0 Å². The van der Waals surface area contributed by atoms with E-state index in [2.05, 4.69) is 26.1 Å². The normalized spacial score (nSPS) is 15.1. The van der Waals surface area contributed by atoms with Gasteiger partial charge in [0, 0.05) is 10.5 Å². The maximum Gasteiger partial charge on any atom is 0.168 e. The fourth-order valence-corrected chi connectivity index (χ4v) is 2.58. The van der Waals surface area contributed by atoms with Gasteiger partial charge in [-0.15, -0.1) is 10.2 Å². The second-order valence-electron chi connectivity index (χ2n) is 4.34. The van der Waals surface area contributed by atoms with Crippen LogP contribution in [0.4, 0.5) is 4.39 Å². The Bertz CT molecular complexity index is 572. The predicted octanol–water partition coefficient (Wildman–Crippen LogP) is 2.64. The molecule has 1 saturated carbocycles. The van der Waals surface area contributed by atoms with Gasteiger partial charge >= 0.3 is 0 Å². The Morgan fingerprint density at radius 1 is 1.39 bits per heavy atom. The van der Waals surface area contributed by atoms with Gasteiger partial charge in [0.2, 0.25) is 0 Å². The summed E-state index contributed by atoms with van der Waals surface area (Å²) in [6.45, 7) is 0.315. The molecule has 0 radical (unpaired) electrons. The highest BCUT2D eigenvalue weighted by Crippen LogP contribution is 2.40. The third-order valence-corrected chi connectivity index (χ3v) is 3.71. The van der Waals surface area contributed by atoms with E-state index in [-0.39, 0.29) is 5.82 Å². The molecule has 0 saturated heterocycles. The standard InChI is InChI=1S/C12H12BrFN4/c13-8-2-1-3-9(14)11(8)12-17-16-10(6-15)18(12)7-4-5-7/h1-3,7H,4-6,15H2. The number of nitrogens with zero attached hydrogens (tertiary/aromatic N) is 3. The van der Waals surface area contributed by atoms with Crippen LogP contribution in [0.25, 0.3) is 11.4 Å². The van der Waals surface area contributed by atoms with Gasteiger partial charge in [0.1, 0.15) is 11.6 Å². The Balaban J connectivity index is 2.20. The number of benzene rings is 1. The van der Waals surface area contributed by atoms with Crippen molar-refractivity contribution in [2.75, 3.05) is 0 Å². The lowest BCUT2D eigenvalue weighted by Crippen LogP contribution is -2.08. The maximum absolute atomic E-state index is 14.0. The number of halogens is 2. The van der Waals surface area contributed by atoms with Gasteiger partial charge in [-0.1, -0.05) is 6.07 Å². The highest BCUT2D eigenvalue weighted by molar-refractivity contribution is 9.10. The molecule has 4 nitrogen and oxygen atoms in total. The first-order chi connectivity index (χ1) is 8.72. The third kappa shape index (κ3) is 1.85. The van der Waals surface area contributed by atoms with E-state index in [1.807, 2.05) is 4.57 Å². The summed E-state index contributed by atoms with van der Waals surface area (Å²) in [6, 6.07) is 5.24. The number of nitrogens with two attached hydrogens (primary N) is 1. The molecule has 2 aromatic rings. The first kappa shape index (κ1) is 11.8. The molecular formula is C12H12BrFN4. The van der Waals surface area contributed by atoms with Crippen LogP contribution in [0, 0.1) is 5.82 Å². The number of hydrogen-bond donors (Lipinski definition) is 1. The average Bonchev–Trinajstić information content (AvgIpc) is 3.10. The van der Waals surface area contributed by atoms with E-state index in [0.29, 0.717) is 34.3 Å². The summed E-state index contributed by atoms with van der Waals surface area (Å²) in [7, 11) is 0. The van der Waals surface area contributed by atoms with Crippen LogP contribution in [0.1, 0.15) is 24.7 Å². The Hall–Kier alpha value is -1.27. The van der Waals surface area contributed by atoms with Crippen molar-refractivity contribution in [2.24, 2.45) is 5.73 Å². The zero-order valence-corrected chi connectivity index (χ0v) is 11.2. The van der Waals surface area contributed by atoms with Crippen molar-refractivity contribution in [1.82, 2.24) is 14.8 Å². The minimum absolute atomic E-state index is 0.303. The van der Waals surface area contributed by atoms with Gasteiger partial charge in [0.15, 0.2) is 5.82 Å². The molecule has 1 aliphatic rings. The molecular weight excluding hydrogens is 299 g/mol. The summed E-state index contributed by atoms with van der Waals surface area (Å²) in [5, 5.41) is 8.16. The molecule has 1 aromatic heterocycles. The minimum atomic E-state index is -0.303. The third-order valence-electron chi connectivity index (χ3n) is 3.05. The van der Waals surface area contributed by atoms with Crippen LogP contribution in [0.2, 0.25) is 0 Å². The van der Waals surface area contributed by atoms with Gasteiger partial charge in [-0.3, -0.25) is 0 Å². The van der Waals surface area contributed by atoms with Crippen molar-refractivity contribution < 1.29 is 4.39 Å². The van der Waals surface area contributed by atoms with Crippen LogP contribution in [-0.2, 0) is 6.54 Å². The Morgan fingerprint density at radius 2 is 2.17 bits per heavy atom. The second kappa shape index (κ2) is 4.44. The molecule has 1 aromatic carbocycles. The topological polar surface area (TPSA) is 56.7 Å². The molecule has 94 valence electrons. The van der Waals surface area contributed by atoms with Gasteiger partial charge in [0.05, 0.1) is 12.1 Å². The van der Waals surface area contributed by atoms with Gasteiger partial charge in [0.25, 0.3) is 0 Å². The van der Waals surface area contributed by atoms with Gasteiger partial charge in [-0.05, 0) is 40.9 Å². The maximum atomic E-state index is 14.0. The van der Waals surface area contributed by atoms with E-state index in [4.69, 9.17) is 5.73 Å². The van der Waals surface area contributed by atoms with Crippen LogP contribution in [-0.4, -0.2) is 14.8 Å². The molecule has 6 heteroatoms. The van der Waals surface area contributed by atoms with E-state index in [0.717, 1.165) is 12.8 Å². The van der Waals surface area contributed by atoms with Crippen molar-refractivity contribution >= 4 is 15.9 Å². The molecule has 0 spiro atoms. The summed E-state index contributed by atoms with van der Waals surface area (Å²) in [4.78, 5) is 0. The Kier molecular flexibility index (Phi) is 2.91. The summed E-state index contributed by atoms with van der Waals surface area (Å²) in [6.07, 6.45) is 2.15. The highest BCUT2D eigenvalue weighted by Gasteiger charge is 2.30. The van der Waals surface area contributed by atoms with E-state index in [1.165, 1.54) is 6.07 Å². The van der Waals surface area contributed by atoms with Gasteiger partial charge in [-0.2, -0.15) is 0 Å². The molecule has 0 bridgehead atoms. The van der Waals surface area contributed by atoms with Crippen LogP contribution >= 0.6 is 15.9 Å². The highest BCUT2D eigenvalue weighted by atomic mass is 79.9. The molecule has 0 unspecified atom stereocenters. The van der Waals surface area contributed by atoms with Crippen molar-refractivity contribution in [3.8, 4) is 11.4 Å². The quantitative estimate of drug-likeness (QED) is 0.948. The van der Waals surface area contributed by atoms with Gasteiger partial charge in [-0.25, -0.2) is 4.39 Å². The van der Waals surface area contributed by atoms with Crippen LogP contribution in [0.15, 0.2) is 22.7 Å². The fraction of sp³-hybridized carbons (Fsp3) is 0.333. The molecule has 0 atom stereocenters. The first-order valence-corrected chi connectivity index (χ1v) is 6.60. The molecule has 1 fully saturated rings. The average molecular weight is 311 g/mol. The first-order valence-electron chi connectivity index (χ1n) is 5.80. The van der Waals surface area contributed by atoms with E-state index < -0.39 is 0 Å². The molecule has 0 aliphatic heterocycles. The summed E-state index contributed by atoms with van der Waals surface area (Å²) < 4.78 is 16.6. The monoisotopic (exact) mass is 310 g/mol. The largest absolute Gasteiger partial charge is 0.324 e. The van der Waals surface area contributed by atoms with E-state index in [1.54, 1.807) is 12.1 Å². The molecule has 3 rings (SSSR count). The fourth-order valence-electron chi connectivity index (χ4n) is 2.06. The van der Waals surface area contributed by atoms with Crippen molar-refractivity contribution in [2.45, 2.75) is 25.4 Å². The van der Waals surface area contributed by atoms with Crippen molar-refractivity contribution in [1.29, 1.82) is 0 Å².